The molecule has 1 atom stereocenters. The average molecular weight is 373 g/mol. The second kappa shape index (κ2) is 9.00. The molecular weight excluding hydrogens is 354 g/mol. The third kappa shape index (κ3) is 5.32. The van der Waals surface area contributed by atoms with E-state index in [0.717, 1.165) is 0 Å². The van der Waals surface area contributed by atoms with Crippen molar-refractivity contribution in [3.63, 3.8) is 0 Å². The van der Waals surface area contributed by atoms with Gasteiger partial charge in [-0.25, -0.2) is 9.78 Å². The lowest BCUT2D eigenvalue weighted by Crippen LogP contribution is -2.30. The molecule has 1 unspecified atom stereocenters. The van der Waals surface area contributed by atoms with E-state index in [2.05, 4.69) is 15.6 Å². The SMILES string of the molecule is CSc1ncccc1C(=O)OC(C)C(=O)Nc1ccc(NC(C)=O)cc1. The molecule has 1 aromatic carbocycles. The van der Waals surface area contributed by atoms with Gasteiger partial charge in [0.05, 0.1) is 5.56 Å². The van der Waals surface area contributed by atoms with Crippen LogP contribution in [0.4, 0.5) is 11.4 Å². The Hall–Kier alpha value is -2.87. The summed E-state index contributed by atoms with van der Waals surface area (Å²) in [7, 11) is 0. The van der Waals surface area contributed by atoms with E-state index in [4.69, 9.17) is 4.74 Å². The Kier molecular flexibility index (Phi) is 6.74. The topological polar surface area (TPSA) is 97.4 Å². The molecule has 2 amide bonds. The van der Waals surface area contributed by atoms with Gasteiger partial charge in [0.25, 0.3) is 5.91 Å². The molecule has 0 spiro atoms. The van der Waals surface area contributed by atoms with Crippen LogP contribution in [0.1, 0.15) is 24.2 Å². The molecule has 2 rings (SSSR count). The van der Waals surface area contributed by atoms with E-state index in [-0.39, 0.29) is 5.91 Å². The largest absolute Gasteiger partial charge is 0.449 e. The number of thioether (sulfide) groups is 1. The number of amides is 2. The van der Waals surface area contributed by atoms with Gasteiger partial charge < -0.3 is 15.4 Å². The predicted molar refractivity (Wildman–Crippen MR) is 100 cm³/mol. The molecule has 26 heavy (non-hydrogen) atoms. The minimum Gasteiger partial charge on any atom is -0.449 e. The first-order chi connectivity index (χ1) is 12.4. The molecule has 0 radical (unpaired) electrons. The Labute approximate surface area is 155 Å². The van der Waals surface area contributed by atoms with Gasteiger partial charge in [0, 0.05) is 24.5 Å². The van der Waals surface area contributed by atoms with Crippen molar-refractivity contribution in [2.45, 2.75) is 25.0 Å². The quantitative estimate of drug-likeness (QED) is 0.597. The van der Waals surface area contributed by atoms with Gasteiger partial charge in [-0.3, -0.25) is 9.59 Å². The molecule has 0 saturated heterocycles. The van der Waals surface area contributed by atoms with Crippen molar-refractivity contribution in [1.82, 2.24) is 4.98 Å². The Bertz CT molecular complexity index is 808. The average Bonchev–Trinajstić information content (AvgIpc) is 2.62. The zero-order valence-electron chi connectivity index (χ0n) is 14.6. The lowest BCUT2D eigenvalue weighted by atomic mass is 10.2. The summed E-state index contributed by atoms with van der Waals surface area (Å²) >= 11 is 1.32. The van der Waals surface area contributed by atoms with Crippen LogP contribution in [-0.2, 0) is 14.3 Å². The molecule has 0 aliphatic heterocycles. The van der Waals surface area contributed by atoms with E-state index in [1.807, 2.05) is 0 Å². The first kappa shape index (κ1) is 19.5. The summed E-state index contributed by atoms with van der Waals surface area (Å²) in [5.74, 6) is -1.24. The van der Waals surface area contributed by atoms with Gasteiger partial charge in [0.2, 0.25) is 5.91 Å². The molecule has 0 fully saturated rings. The lowest BCUT2D eigenvalue weighted by molar-refractivity contribution is -0.123. The summed E-state index contributed by atoms with van der Waals surface area (Å²) < 4.78 is 5.23. The van der Waals surface area contributed by atoms with E-state index in [9.17, 15) is 14.4 Å². The molecule has 2 N–H and O–H groups in total. The molecule has 0 aliphatic rings. The highest BCUT2D eigenvalue weighted by Gasteiger charge is 2.21. The number of nitrogens with zero attached hydrogens (tertiary/aromatic N) is 1. The second-order valence-electron chi connectivity index (χ2n) is 5.36. The number of nitrogens with one attached hydrogen (secondary N) is 2. The molecule has 7 nitrogen and oxygen atoms in total. The summed E-state index contributed by atoms with van der Waals surface area (Å²) in [6.07, 6.45) is 2.41. The van der Waals surface area contributed by atoms with E-state index in [1.165, 1.54) is 25.6 Å². The number of hydrogen-bond donors (Lipinski definition) is 2. The smallest absolute Gasteiger partial charge is 0.341 e. The first-order valence-corrected chi connectivity index (χ1v) is 9.01. The van der Waals surface area contributed by atoms with Gasteiger partial charge in [0.1, 0.15) is 5.03 Å². The van der Waals surface area contributed by atoms with Crippen molar-refractivity contribution >= 4 is 40.9 Å². The Morgan fingerprint density at radius 2 is 1.69 bits per heavy atom. The van der Waals surface area contributed by atoms with E-state index < -0.39 is 18.0 Å². The van der Waals surface area contributed by atoms with Crippen LogP contribution >= 0.6 is 11.8 Å². The van der Waals surface area contributed by atoms with Crippen molar-refractivity contribution in [3.05, 3.63) is 48.2 Å². The van der Waals surface area contributed by atoms with Crippen LogP contribution in [0.5, 0.6) is 0 Å². The van der Waals surface area contributed by atoms with E-state index in [0.29, 0.717) is 22.0 Å². The maximum atomic E-state index is 12.2. The summed E-state index contributed by atoms with van der Waals surface area (Å²) in [6, 6.07) is 9.85. The van der Waals surface area contributed by atoms with Crippen molar-refractivity contribution in [2.75, 3.05) is 16.9 Å². The number of aromatic nitrogens is 1. The first-order valence-electron chi connectivity index (χ1n) is 7.79. The molecule has 2 aromatic rings. The normalized spacial score (nSPS) is 11.3. The van der Waals surface area contributed by atoms with Crippen LogP contribution in [0.15, 0.2) is 47.6 Å². The van der Waals surface area contributed by atoms with Gasteiger partial charge in [-0.2, -0.15) is 0 Å². The molecule has 0 bridgehead atoms. The number of ether oxygens (including phenoxy) is 1. The van der Waals surface area contributed by atoms with Crippen molar-refractivity contribution in [3.8, 4) is 0 Å². The number of carbonyl (C=O) groups excluding carboxylic acids is 3. The number of pyridine rings is 1. The number of carbonyl (C=O) groups is 3. The molecule has 1 aromatic heterocycles. The summed E-state index contributed by atoms with van der Waals surface area (Å²) in [5, 5.41) is 5.83. The van der Waals surface area contributed by atoms with Gasteiger partial charge in [-0.1, -0.05) is 0 Å². The predicted octanol–water partition coefficient (Wildman–Crippen LogP) is 2.95. The molecular formula is C18H19N3O4S. The van der Waals surface area contributed by atoms with Gasteiger partial charge in [-0.05, 0) is 49.6 Å². The Morgan fingerprint density at radius 1 is 1.08 bits per heavy atom. The van der Waals surface area contributed by atoms with Crippen LogP contribution in [0.25, 0.3) is 0 Å². The Balaban J connectivity index is 1.96. The number of rotatable bonds is 6. The lowest BCUT2D eigenvalue weighted by Gasteiger charge is -2.14. The van der Waals surface area contributed by atoms with Crippen molar-refractivity contribution < 1.29 is 19.1 Å². The summed E-state index contributed by atoms with van der Waals surface area (Å²) in [6.45, 7) is 2.91. The summed E-state index contributed by atoms with van der Waals surface area (Å²) in [5.41, 5.74) is 1.47. The van der Waals surface area contributed by atoms with Gasteiger partial charge in [0.15, 0.2) is 6.10 Å². The fourth-order valence-electron chi connectivity index (χ4n) is 2.07. The summed E-state index contributed by atoms with van der Waals surface area (Å²) in [4.78, 5) is 39.6. The van der Waals surface area contributed by atoms with E-state index in [1.54, 1.807) is 48.9 Å². The highest BCUT2D eigenvalue weighted by molar-refractivity contribution is 7.98. The maximum Gasteiger partial charge on any atom is 0.341 e. The molecule has 1 heterocycles. The van der Waals surface area contributed by atoms with Crippen LogP contribution in [-0.4, -0.2) is 35.1 Å². The number of esters is 1. The van der Waals surface area contributed by atoms with Gasteiger partial charge in [-0.15, -0.1) is 11.8 Å². The highest BCUT2D eigenvalue weighted by atomic mass is 32.2. The highest BCUT2D eigenvalue weighted by Crippen LogP contribution is 2.19. The number of anilines is 2. The Morgan fingerprint density at radius 3 is 2.27 bits per heavy atom. The molecule has 0 saturated carbocycles. The number of benzene rings is 1. The molecule has 0 aliphatic carbocycles. The fraction of sp³-hybridized carbons (Fsp3) is 0.222. The van der Waals surface area contributed by atoms with Crippen LogP contribution in [0, 0.1) is 0 Å². The second-order valence-corrected chi connectivity index (χ2v) is 6.15. The minimum absolute atomic E-state index is 0.178. The van der Waals surface area contributed by atoms with E-state index >= 15 is 0 Å². The minimum atomic E-state index is -0.979. The molecule has 136 valence electrons. The standard InChI is InChI=1S/C18H19N3O4S/c1-11(25-18(24)15-5-4-10-19-17(15)26-3)16(23)21-14-8-6-13(7-9-14)20-12(2)22/h4-11H,1-3H3,(H,20,22)(H,21,23). The van der Waals surface area contributed by atoms with Gasteiger partial charge >= 0.3 is 5.97 Å². The zero-order chi connectivity index (χ0) is 19.1. The van der Waals surface area contributed by atoms with Crippen molar-refractivity contribution in [1.29, 1.82) is 0 Å². The third-order valence-electron chi connectivity index (χ3n) is 3.31. The monoisotopic (exact) mass is 373 g/mol. The third-order valence-corrected chi connectivity index (χ3v) is 4.02. The fourth-order valence-corrected chi connectivity index (χ4v) is 2.61. The molecule has 8 heteroatoms. The van der Waals surface area contributed by atoms with Crippen LogP contribution in [0.3, 0.4) is 0 Å². The van der Waals surface area contributed by atoms with Crippen LogP contribution < -0.4 is 10.6 Å². The zero-order valence-corrected chi connectivity index (χ0v) is 15.4. The maximum absolute atomic E-state index is 12.2. The number of hydrogen-bond acceptors (Lipinski definition) is 6. The van der Waals surface area contributed by atoms with Crippen LogP contribution in [0.2, 0.25) is 0 Å². The van der Waals surface area contributed by atoms with Crippen molar-refractivity contribution in [2.24, 2.45) is 0 Å².